The number of rotatable bonds is 10. The molecular weight excluding hydrogens is 396 g/mol. The molecule has 1 saturated heterocycles. The predicted molar refractivity (Wildman–Crippen MR) is 126 cm³/mol. The van der Waals surface area contributed by atoms with E-state index >= 15 is 0 Å². The smallest absolute Gasteiger partial charge is 0.191 e. The van der Waals surface area contributed by atoms with Gasteiger partial charge in [0.2, 0.25) is 0 Å². The van der Waals surface area contributed by atoms with Gasteiger partial charge in [-0.1, -0.05) is 12.1 Å². The normalized spacial score (nSPS) is 15.3. The highest BCUT2D eigenvalue weighted by Crippen LogP contribution is 2.24. The average Bonchev–Trinajstić information content (AvgIpc) is 3.32. The zero-order valence-electron chi connectivity index (χ0n) is 18.1. The number of hydrogen-bond acceptors (Lipinski definition) is 5. The van der Waals surface area contributed by atoms with Crippen LogP contribution in [-0.2, 0) is 11.3 Å². The fourth-order valence-corrected chi connectivity index (χ4v) is 4.26. The summed E-state index contributed by atoms with van der Waals surface area (Å²) in [5, 5.41) is 10.5. The Balaban J connectivity index is 1.34. The molecule has 0 unspecified atom stereocenters. The maximum absolute atomic E-state index is 5.78. The molecule has 0 radical (unpaired) electrons. The number of benzene rings is 1. The summed E-state index contributed by atoms with van der Waals surface area (Å²) in [4.78, 5) is 7.21. The standard InChI is InChI=1S/C23H34N4O2S/c1-3-24-23(26-20-11-14-27(15-12-20)22-6-4-17-30-22)25-13-5-16-29-18-19-7-9-21(28-2)10-8-19/h4,6-10,17,20H,3,5,11-16,18H2,1-2H3,(H2,24,25,26). The molecule has 0 amide bonds. The number of nitrogens with one attached hydrogen (secondary N) is 2. The van der Waals surface area contributed by atoms with Gasteiger partial charge in [-0.2, -0.15) is 0 Å². The lowest BCUT2D eigenvalue weighted by Gasteiger charge is -2.33. The van der Waals surface area contributed by atoms with Crippen LogP contribution in [0.1, 0.15) is 31.7 Å². The van der Waals surface area contributed by atoms with Crippen molar-refractivity contribution in [3.8, 4) is 5.75 Å². The van der Waals surface area contributed by atoms with E-state index in [1.165, 1.54) is 5.00 Å². The van der Waals surface area contributed by atoms with E-state index in [2.05, 4.69) is 40.0 Å². The van der Waals surface area contributed by atoms with Crippen LogP contribution in [0.2, 0.25) is 0 Å². The van der Waals surface area contributed by atoms with Crippen molar-refractivity contribution in [1.82, 2.24) is 10.6 Å². The molecule has 1 fully saturated rings. The Morgan fingerprint density at radius 1 is 1.20 bits per heavy atom. The Morgan fingerprint density at radius 2 is 2.00 bits per heavy atom. The minimum atomic E-state index is 0.477. The first-order chi connectivity index (χ1) is 14.8. The van der Waals surface area contributed by atoms with Gasteiger partial charge in [0.15, 0.2) is 5.96 Å². The van der Waals surface area contributed by atoms with Crippen LogP contribution in [0.25, 0.3) is 0 Å². The molecule has 0 atom stereocenters. The van der Waals surface area contributed by atoms with Crippen molar-refractivity contribution < 1.29 is 9.47 Å². The zero-order valence-corrected chi connectivity index (χ0v) is 18.9. The number of aliphatic imine (C=N–C) groups is 1. The first-order valence-corrected chi connectivity index (χ1v) is 11.7. The van der Waals surface area contributed by atoms with E-state index < -0.39 is 0 Å². The highest BCUT2D eigenvalue weighted by atomic mass is 32.1. The van der Waals surface area contributed by atoms with Crippen molar-refractivity contribution in [2.24, 2.45) is 4.99 Å². The summed E-state index contributed by atoms with van der Waals surface area (Å²) in [7, 11) is 1.68. The molecule has 3 rings (SSSR count). The highest BCUT2D eigenvalue weighted by Gasteiger charge is 2.20. The molecule has 0 saturated carbocycles. The third-order valence-corrected chi connectivity index (χ3v) is 6.07. The monoisotopic (exact) mass is 430 g/mol. The summed E-state index contributed by atoms with van der Waals surface area (Å²) in [6, 6.07) is 12.8. The lowest BCUT2D eigenvalue weighted by Crippen LogP contribution is -2.48. The van der Waals surface area contributed by atoms with Crippen molar-refractivity contribution in [3.63, 3.8) is 0 Å². The Morgan fingerprint density at radius 3 is 2.67 bits per heavy atom. The van der Waals surface area contributed by atoms with E-state index in [0.29, 0.717) is 19.3 Å². The number of nitrogens with zero attached hydrogens (tertiary/aromatic N) is 2. The number of hydrogen-bond donors (Lipinski definition) is 2. The number of guanidine groups is 1. The highest BCUT2D eigenvalue weighted by molar-refractivity contribution is 7.14. The molecule has 1 aromatic carbocycles. The molecule has 2 aromatic rings. The molecule has 164 valence electrons. The SMILES string of the molecule is CCNC(=NCCCOCc1ccc(OC)cc1)NC1CCN(c2cccs2)CC1. The second-order valence-corrected chi connectivity index (χ2v) is 8.30. The van der Waals surface area contributed by atoms with Crippen molar-refractivity contribution in [2.45, 2.75) is 38.8 Å². The Kier molecular flexibility index (Phi) is 9.31. The summed E-state index contributed by atoms with van der Waals surface area (Å²) in [5.41, 5.74) is 1.16. The maximum atomic E-state index is 5.78. The summed E-state index contributed by atoms with van der Waals surface area (Å²) >= 11 is 1.82. The van der Waals surface area contributed by atoms with Crippen LogP contribution in [0.4, 0.5) is 5.00 Å². The van der Waals surface area contributed by atoms with Gasteiger partial charge in [-0.3, -0.25) is 4.99 Å². The first kappa shape index (κ1) is 22.4. The molecule has 30 heavy (non-hydrogen) atoms. The second-order valence-electron chi connectivity index (χ2n) is 7.37. The van der Waals surface area contributed by atoms with Crippen LogP contribution in [0.5, 0.6) is 5.75 Å². The summed E-state index contributed by atoms with van der Waals surface area (Å²) in [6.07, 6.45) is 3.17. The summed E-state index contributed by atoms with van der Waals surface area (Å²) < 4.78 is 11.0. The summed E-state index contributed by atoms with van der Waals surface area (Å²) in [5.74, 6) is 1.79. The van der Waals surface area contributed by atoms with Crippen molar-refractivity contribution in [3.05, 3.63) is 47.3 Å². The van der Waals surface area contributed by atoms with E-state index in [9.17, 15) is 0 Å². The molecule has 2 N–H and O–H groups in total. The van der Waals surface area contributed by atoms with Crippen LogP contribution in [0.15, 0.2) is 46.8 Å². The molecule has 0 aliphatic carbocycles. The number of methoxy groups -OCH3 is 1. The van der Waals surface area contributed by atoms with Gasteiger partial charge in [0.05, 0.1) is 18.7 Å². The van der Waals surface area contributed by atoms with Gasteiger partial charge in [0.1, 0.15) is 5.75 Å². The molecule has 6 nitrogen and oxygen atoms in total. The first-order valence-electron chi connectivity index (χ1n) is 10.8. The molecule has 7 heteroatoms. The number of ether oxygens (including phenoxy) is 2. The van der Waals surface area contributed by atoms with Crippen LogP contribution in [0, 0.1) is 0 Å². The van der Waals surface area contributed by atoms with Gasteiger partial charge >= 0.3 is 0 Å². The van der Waals surface area contributed by atoms with E-state index in [4.69, 9.17) is 14.5 Å². The maximum Gasteiger partial charge on any atom is 0.191 e. The molecule has 1 aromatic heterocycles. The Bertz CT molecular complexity index is 741. The van der Waals surface area contributed by atoms with E-state index in [1.807, 2.05) is 35.6 Å². The number of anilines is 1. The molecular formula is C23H34N4O2S. The molecule has 1 aliphatic heterocycles. The van der Waals surface area contributed by atoms with Gasteiger partial charge in [0, 0.05) is 38.8 Å². The van der Waals surface area contributed by atoms with Crippen LogP contribution in [0.3, 0.4) is 0 Å². The van der Waals surface area contributed by atoms with Gasteiger partial charge in [-0.25, -0.2) is 0 Å². The Labute approximate surface area is 184 Å². The van der Waals surface area contributed by atoms with Crippen molar-refractivity contribution in [1.29, 1.82) is 0 Å². The summed E-state index contributed by atoms with van der Waals surface area (Å²) in [6.45, 7) is 7.24. The average molecular weight is 431 g/mol. The van der Waals surface area contributed by atoms with Crippen molar-refractivity contribution in [2.75, 3.05) is 44.8 Å². The molecule has 0 bridgehead atoms. The van der Waals surface area contributed by atoms with Gasteiger partial charge in [0.25, 0.3) is 0 Å². The third-order valence-electron chi connectivity index (χ3n) is 5.14. The zero-order chi connectivity index (χ0) is 21.0. The lowest BCUT2D eigenvalue weighted by atomic mass is 10.1. The Hall–Kier alpha value is -2.25. The van der Waals surface area contributed by atoms with Crippen LogP contribution >= 0.6 is 11.3 Å². The van der Waals surface area contributed by atoms with E-state index in [-0.39, 0.29) is 0 Å². The van der Waals surface area contributed by atoms with Gasteiger partial charge in [-0.05, 0) is 61.4 Å². The lowest BCUT2D eigenvalue weighted by molar-refractivity contribution is 0.120. The quantitative estimate of drug-likeness (QED) is 0.340. The number of piperidine rings is 1. The van der Waals surface area contributed by atoms with E-state index in [0.717, 1.165) is 62.7 Å². The topological polar surface area (TPSA) is 58.1 Å². The minimum absolute atomic E-state index is 0.477. The second kappa shape index (κ2) is 12.4. The van der Waals surface area contributed by atoms with E-state index in [1.54, 1.807) is 7.11 Å². The predicted octanol–water partition coefficient (Wildman–Crippen LogP) is 3.89. The fraction of sp³-hybridized carbons (Fsp3) is 0.522. The van der Waals surface area contributed by atoms with Crippen LogP contribution in [-0.4, -0.2) is 51.9 Å². The number of thiophene rings is 1. The molecule has 1 aliphatic rings. The fourth-order valence-electron chi connectivity index (χ4n) is 3.48. The third kappa shape index (κ3) is 7.22. The molecule has 2 heterocycles. The minimum Gasteiger partial charge on any atom is -0.497 e. The molecule has 0 spiro atoms. The largest absolute Gasteiger partial charge is 0.497 e. The van der Waals surface area contributed by atoms with Gasteiger partial charge in [-0.15, -0.1) is 11.3 Å². The van der Waals surface area contributed by atoms with Crippen molar-refractivity contribution >= 4 is 22.3 Å². The van der Waals surface area contributed by atoms with Crippen LogP contribution < -0.4 is 20.3 Å². The van der Waals surface area contributed by atoms with Gasteiger partial charge < -0.3 is 25.0 Å².